The van der Waals surface area contributed by atoms with Crippen LogP contribution in [0.25, 0.3) is 0 Å². The summed E-state index contributed by atoms with van der Waals surface area (Å²) in [5.41, 5.74) is 7.31. The van der Waals surface area contributed by atoms with E-state index in [1.165, 1.54) is 0 Å². The third-order valence-electron chi connectivity index (χ3n) is 3.15. The van der Waals surface area contributed by atoms with Crippen LogP contribution in [0.15, 0.2) is 12.1 Å². The molecule has 0 aromatic carbocycles. The van der Waals surface area contributed by atoms with Crippen LogP contribution in [0, 0.1) is 12.8 Å². The summed E-state index contributed by atoms with van der Waals surface area (Å²) in [7, 11) is 0. The zero-order valence-corrected chi connectivity index (χ0v) is 13.5. The van der Waals surface area contributed by atoms with E-state index in [0.717, 1.165) is 17.8 Å². The number of carbonyl (C=O) groups excluding carboxylic acids is 1. The second-order valence-corrected chi connectivity index (χ2v) is 5.67. The molecule has 1 amide bonds. The summed E-state index contributed by atoms with van der Waals surface area (Å²) in [6, 6.07) is 3.73. The average molecular weight is 293 g/mol. The van der Waals surface area contributed by atoms with E-state index in [0.29, 0.717) is 31.2 Å². The predicted molar refractivity (Wildman–Crippen MR) is 84.3 cm³/mol. The summed E-state index contributed by atoms with van der Waals surface area (Å²) in [6.45, 7) is 9.10. The minimum atomic E-state index is -0.543. The molecule has 3 N–H and O–H groups in total. The second-order valence-electron chi connectivity index (χ2n) is 5.67. The number of aromatic nitrogens is 1. The highest BCUT2D eigenvalue weighted by Gasteiger charge is 2.16. The monoisotopic (exact) mass is 293 g/mol. The van der Waals surface area contributed by atoms with Gasteiger partial charge in [-0.05, 0) is 44.9 Å². The lowest BCUT2D eigenvalue weighted by molar-refractivity contribution is -0.127. The number of ether oxygens (including phenoxy) is 1. The molecule has 0 fully saturated rings. The molecular weight excluding hydrogens is 266 g/mol. The third kappa shape index (κ3) is 6.12. The van der Waals surface area contributed by atoms with Gasteiger partial charge in [-0.2, -0.15) is 0 Å². The van der Waals surface area contributed by atoms with Crippen molar-refractivity contribution >= 4 is 5.91 Å². The molecule has 21 heavy (non-hydrogen) atoms. The van der Waals surface area contributed by atoms with Gasteiger partial charge in [-0.1, -0.05) is 13.8 Å². The van der Waals surface area contributed by atoms with Crippen molar-refractivity contribution in [2.24, 2.45) is 11.7 Å². The lowest BCUT2D eigenvalue weighted by atomic mass is 10.1. The van der Waals surface area contributed by atoms with E-state index < -0.39 is 6.10 Å². The zero-order chi connectivity index (χ0) is 15.8. The van der Waals surface area contributed by atoms with Crippen molar-refractivity contribution in [1.82, 2.24) is 10.3 Å². The predicted octanol–water partition coefficient (Wildman–Crippen LogP) is 1.82. The standard InChI is InChI=1S/C16H27N3O2/c1-11(2)8-10-18-16(20)13(4)21-15-6-5-12(3)19-14(15)7-9-17/h5-6,11,13H,7-10,17H2,1-4H3,(H,18,20). The maximum Gasteiger partial charge on any atom is 0.260 e. The van der Waals surface area contributed by atoms with Crippen LogP contribution in [0.4, 0.5) is 0 Å². The Bertz CT molecular complexity index is 461. The normalized spacial score (nSPS) is 12.3. The van der Waals surface area contributed by atoms with Crippen molar-refractivity contribution in [3.63, 3.8) is 0 Å². The summed E-state index contributed by atoms with van der Waals surface area (Å²) >= 11 is 0. The van der Waals surface area contributed by atoms with E-state index in [9.17, 15) is 4.79 Å². The first-order valence-electron chi connectivity index (χ1n) is 7.55. The van der Waals surface area contributed by atoms with Gasteiger partial charge < -0.3 is 15.8 Å². The Morgan fingerprint density at radius 2 is 2.10 bits per heavy atom. The number of hydrogen-bond donors (Lipinski definition) is 2. The van der Waals surface area contributed by atoms with E-state index in [4.69, 9.17) is 10.5 Å². The number of hydrogen-bond acceptors (Lipinski definition) is 4. The van der Waals surface area contributed by atoms with E-state index in [-0.39, 0.29) is 5.91 Å². The molecule has 1 unspecified atom stereocenters. The zero-order valence-electron chi connectivity index (χ0n) is 13.5. The van der Waals surface area contributed by atoms with Crippen LogP contribution in [-0.4, -0.2) is 30.1 Å². The number of nitrogens with one attached hydrogen (secondary N) is 1. The van der Waals surface area contributed by atoms with E-state index >= 15 is 0 Å². The summed E-state index contributed by atoms with van der Waals surface area (Å²) in [5, 5.41) is 2.89. The highest BCUT2D eigenvalue weighted by atomic mass is 16.5. The molecule has 0 aliphatic carbocycles. The van der Waals surface area contributed by atoms with Crippen LogP contribution in [0.5, 0.6) is 5.75 Å². The highest BCUT2D eigenvalue weighted by Crippen LogP contribution is 2.18. The van der Waals surface area contributed by atoms with Gasteiger partial charge in [0.1, 0.15) is 5.75 Å². The van der Waals surface area contributed by atoms with Crippen LogP contribution < -0.4 is 15.8 Å². The third-order valence-corrected chi connectivity index (χ3v) is 3.15. The van der Waals surface area contributed by atoms with Gasteiger partial charge in [0, 0.05) is 18.7 Å². The molecule has 0 bridgehead atoms. The molecule has 0 aliphatic rings. The smallest absolute Gasteiger partial charge is 0.260 e. The Kier molecular flexibility index (Phi) is 7.15. The minimum Gasteiger partial charge on any atom is -0.479 e. The Balaban J connectivity index is 2.61. The second kappa shape index (κ2) is 8.62. The largest absolute Gasteiger partial charge is 0.479 e. The Labute approximate surface area is 127 Å². The summed E-state index contributed by atoms with van der Waals surface area (Å²) < 4.78 is 5.74. The van der Waals surface area contributed by atoms with E-state index in [1.807, 2.05) is 19.1 Å². The lowest BCUT2D eigenvalue weighted by Crippen LogP contribution is -2.37. The van der Waals surface area contributed by atoms with Crippen molar-refractivity contribution in [1.29, 1.82) is 0 Å². The molecule has 1 heterocycles. The van der Waals surface area contributed by atoms with Gasteiger partial charge in [-0.25, -0.2) is 0 Å². The fourth-order valence-electron chi connectivity index (χ4n) is 1.89. The van der Waals surface area contributed by atoms with Crippen LogP contribution in [-0.2, 0) is 11.2 Å². The number of rotatable bonds is 8. The average Bonchev–Trinajstić information content (AvgIpc) is 2.41. The molecule has 5 nitrogen and oxygen atoms in total. The molecule has 0 aliphatic heterocycles. The molecule has 0 spiro atoms. The maximum atomic E-state index is 12.0. The Morgan fingerprint density at radius 3 is 2.71 bits per heavy atom. The molecule has 0 radical (unpaired) electrons. The molecular formula is C16H27N3O2. The van der Waals surface area contributed by atoms with Gasteiger partial charge in [-0.3, -0.25) is 9.78 Å². The molecule has 5 heteroatoms. The van der Waals surface area contributed by atoms with Gasteiger partial charge in [0.15, 0.2) is 6.10 Å². The van der Waals surface area contributed by atoms with Gasteiger partial charge in [0.05, 0.1) is 5.69 Å². The van der Waals surface area contributed by atoms with Gasteiger partial charge in [0.25, 0.3) is 5.91 Å². The molecule has 0 saturated heterocycles. The van der Waals surface area contributed by atoms with Crippen molar-refractivity contribution < 1.29 is 9.53 Å². The van der Waals surface area contributed by atoms with Gasteiger partial charge >= 0.3 is 0 Å². The number of carbonyl (C=O) groups is 1. The van der Waals surface area contributed by atoms with Crippen molar-refractivity contribution in [3.8, 4) is 5.75 Å². The molecule has 1 atom stereocenters. The first-order valence-corrected chi connectivity index (χ1v) is 7.55. The van der Waals surface area contributed by atoms with Crippen LogP contribution in [0.3, 0.4) is 0 Å². The number of nitrogens with two attached hydrogens (primary N) is 1. The summed E-state index contributed by atoms with van der Waals surface area (Å²) in [5.74, 6) is 1.10. The Hall–Kier alpha value is -1.62. The van der Waals surface area contributed by atoms with Crippen LogP contribution in [0.1, 0.15) is 38.6 Å². The van der Waals surface area contributed by atoms with Crippen molar-refractivity contribution in [2.75, 3.05) is 13.1 Å². The fourth-order valence-corrected chi connectivity index (χ4v) is 1.89. The Morgan fingerprint density at radius 1 is 1.38 bits per heavy atom. The number of nitrogens with zero attached hydrogens (tertiary/aromatic N) is 1. The molecule has 1 aromatic rings. The summed E-state index contributed by atoms with van der Waals surface area (Å²) in [4.78, 5) is 16.4. The van der Waals surface area contributed by atoms with Crippen LogP contribution >= 0.6 is 0 Å². The van der Waals surface area contributed by atoms with E-state index in [2.05, 4.69) is 24.1 Å². The molecule has 1 aromatic heterocycles. The SMILES string of the molecule is Cc1ccc(OC(C)C(=O)NCCC(C)C)c(CCN)n1. The number of amides is 1. The topological polar surface area (TPSA) is 77.2 Å². The highest BCUT2D eigenvalue weighted by molar-refractivity contribution is 5.80. The van der Waals surface area contributed by atoms with Gasteiger partial charge in [-0.15, -0.1) is 0 Å². The minimum absolute atomic E-state index is 0.102. The van der Waals surface area contributed by atoms with Gasteiger partial charge in [0.2, 0.25) is 0 Å². The van der Waals surface area contributed by atoms with Crippen molar-refractivity contribution in [2.45, 2.75) is 46.6 Å². The quantitative estimate of drug-likeness (QED) is 0.766. The van der Waals surface area contributed by atoms with E-state index in [1.54, 1.807) is 6.92 Å². The van der Waals surface area contributed by atoms with Crippen molar-refractivity contribution in [3.05, 3.63) is 23.5 Å². The van der Waals surface area contributed by atoms with Crippen LogP contribution in [0.2, 0.25) is 0 Å². The molecule has 0 saturated carbocycles. The number of pyridine rings is 1. The first kappa shape index (κ1) is 17.4. The maximum absolute atomic E-state index is 12.0. The summed E-state index contributed by atoms with van der Waals surface area (Å²) in [6.07, 6.45) is 1.06. The molecule has 1 rings (SSSR count). The number of aryl methyl sites for hydroxylation is 1. The lowest BCUT2D eigenvalue weighted by Gasteiger charge is -2.17. The fraction of sp³-hybridized carbons (Fsp3) is 0.625. The first-order chi connectivity index (χ1) is 9.93. The molecule has 118 valence electrons.